The summed E-state index contributed by atoms with van der Waals surface area (Å²) in [5, 5.41) is 54.2. The summed E-state index contributed by atoms with van der Waals surface area (Å²) in [4.78, 5) is 18.4. The number of aryl methyl sites for hydroxylation is 1. The molecule has 0 amide bonds. The largest absolute Gasteiger partial charge is 0.459 e. The number of ether oxygens (including phenoxy) is 7. The molecule has 19 atom stereocenters. The zero-order chi connectivity index (χ0) is 55.9. The van der Waals surface area contributed by atoms with Crippen LogP contribution >= 0.6 is 0 Å². The van der Waals surface area contributed by atoms with Crippen molar-refractivity contribution < 1.29 is 62.8 Å². The monoisotopic (exact) mass is 1060 g/mol. The van der Waals surface area contributed by atoms with Gasteiger partial charge in [0.1, 0.15) is 42.7 Å². The summed E-state index contributed by atoms with van der Waals surface area (Å²) in [6.45, 7) is 18.0. The molecule has 1 aromatic heterocycles. The van der Waals surface area contributed by atoms with Gasteiger partial charge in [0, 0.05) is 95.3 Å². The van der Waals surface area contributed by atoms with E-state index in [0.717, 1.165) is 16.7 Å². The van der Waals surface area contributed by atoms with Crippen LogP contribution in [0.5, 0.6) is 0 Å². The molecule has 0 bridgehead atoms. The molecule has 0 aliphatic carbocycles. The number of aromatic nitrogens is 2. The van der Waals surface area contributed by atoms with Crippen molar-refractivity contribution in [3.63, 3.8) is 0 Å². The summed E-state index contributed by atoms with van der Waals surface area (Å²) in [5.74, 6) is 3.80. The van der Waals surface area contributed by atoms with Gasteiger partial charge in [0.2, 0.25) is 0 Å². The lowest BCUT2D eigenvalue weighted by molar-refractivity contribution is -0.310. The topological polar surface area (TPSA) is 242 Å². The Morgan fingerprint density at radius 2 is 1.65 bits per heavy atom. The maximum Gasteiger partial charge on any atom is 0.311 e. The Bertz CT molecular complexity index is 2120. The minimum Gasteiger partial charge on any atom is -0.459 e. The van der Waals surface area contributed by atoms with Crippen molar-refractivity contribution in [2.24, 2.45) is 36.4 Å². The van der Waals surface area contributed by atoms with Crippen molar-refractivity contribution in [2.75, 3.05) is 48.1 Å². The number of likely N-dealkylation sites (N-methyl/N-ethyl adjacent to an activating group) is 2. The van der Waals surface area contributed by atoms with Gasteiger partial charge in [-0.1, -0.05) is 45.0 Å². The van der Waals surface area contributed by atoms with Crippen LogP contribution in [0.4, 0.5) is 4.39 Å². The first kappa shape index (κ1) is 62.5. The smallest absolute Gasteiger partial charge is 0.311 e. The number of aliphatic hydroxyl groups excluding tert-OH is 2. The molecule has 20 heteroatoms. The molecule has 4 heterocycles. The highest BCUT2D eigenvalue weighted by molar-refractivity contribution is 5.73. The third-order valence-corrected chi connectivity index (χ3v) is 16.3. The number of esters is 1. The number of halogens is 1. The highest BCUT2D eigenvalue weighted by Crippen LogP contribution is 2.40. The van der Waals surface area contributed by atoms with Crippen molar-refractivity contribution in [3.05, 3.63) is 54.1 Å². The zero-order valence-corrected chi connectivity index (χ0v) is 47.5. The summed E-state index contributed by atoms with van der Waals surface area (Å²) >= 11 is 0. The fraction of sp³-hybridized carbons (Fsp3) is 0.782. The second kappa shape index (κ2) is 26.5. The minimum absolute atomic E-state index is 0.186. The molecule has 0 radical (unpaired) electrons. The van der Waals surface area contributed by atoms with E-state index in [9.17, 15) is 29.6 Å². The molecule has 8 N–H and O–H groups in total. The van der Waals surface area contributed by atoms with Crippen LogP contribution in [-0.4, -0.2) is 189 Å². The van der Waals surface area contributed by atoms with Crippen molar-refractivity contribution in [1.29, 1.82) is 0 Å². The third-order valence-electron chi connectivity index (χ3n) is 16.3. The van der Waals surface area contributed by atoms with Gasteiger partial charge in [-0.3, -0.25) is 9.48 Å². The lowest BCUT2D eigenvalue weighted by atomic mass is 9.77. The Kier molecular flexibility index (Phi) is 22.1. The number of hydrogen-bond donors (Lipinski definition) is 6. The number of benzene rings is 1. The van der Waals surface area contributed by atoms with Gasteiger partial charge < -0.3 is 74.1 Å². The number of rotatable bonds is 17. The van der Waals surface area contributed by atoms with Crippen molar-refractivity contribution in [2.45, 2.75) is 204 Å². The van der Waals surface area contributed by atoms with Crippen molar-refractivity contribution in [3.8, 4) is 11.1 Å². The van der Waals surface area contributed by atoms with Crippen LogP contribution in [0.1, 0.15) is 119 Å². The minimum atomic E-state index is -1.83. The van der Waals surface area contributed by atoms with Crippen LogP contribution in [0.3, 0.4) is 0 Å². The summed E-state index contributed by atoms with van der Waals surface area (Å²) in [6.07, 6.45) is -1.93. The van der Waals surface area contributed by atoms with E-state index in [-0.39, 0.29) is 24.9 Å². The number of nitrogens with zero attached hydrogens (tertiary/aromatic N) is 5. The number of hydrazine groups is 1. The molecule has 0 saturated carbocycles. The van der Waals surface area contributed by atoms with Crippen LogP contribution < -0.4 is 11.6 Å². The van der Waals surface area contributed by atoms with Gasteiger partial charge in [0.15, 0.2) is 12.6 Å². The molecular formula is C55H94FN7O12. The number of cyclic esters (lactones) is 1. The zero-order valence-electron chi connectivity index (χ0n) is 47.5. The van der Waals surface area contributed by atoms with E-state index in [1.807, 2.05) is 96.0 Å². The SMILES string of the molecule is CC[C@H]1OC(=O)[C@H](C)[C@@H](O[C@H]2C[C@@](C)(OC)C[C@H](C)O2)[C@H](C)[C@@H](O[C@@H]2O[C@H](C)C[C@H](N(C)CC/C(N)=C/N(N)[C@H](CF)[C@H](OC)c3ccc(-c4cnn(C)c4)cc3)C2O)[C@](C)(O)C[C@@H](C)CN(C)[C@H](C)[C@@H](O)[C@]1(C)O. The molecule has 428 valence electrons. The number of aliphatic hydroxyl groups is 4. The average Bonchev–Trinajstić information content (AvgIpc) is 3.79. The number of carbonyl (C=O) groups is 1. The lowest BCUT2D eigenvalue weighted by Crippen LogP contribution is -2.60. The van der Waals surface area contributed by atoms with Crippen LogP contribution in [0.15, 0.2) is 48.6 Å². The molecule has 3 fully saturated rings. The normalized spacial score (nSPS) is 38.1. The molecule has 75 heavy (non-hydrogen) atoms. The molecule has 3 aliphatic rings. The van der Waals surface area contributed by atoms with Gasteiger partial charge in [-0.15, -0.1) is 0 Å². The molecule has 2 aromatic rings. The second-order valence-corrected chi connectivity index (χ2v) is 23.0. The first-order valence-corrected chi connectivity index (χ1v) is 26.9. The standard InChI is InChI=1S/C55H94FN7O12/c1-16-44-55(10,68)49(65)37(7)61(12)29-32(2)24-54(9,67)50(35(5)47(36(6)51(66)73-44)74-45-26-53(8,70-15)25-34(4)71-45)75-52-46(64)42(23-33(3)72-52)60(11)22-21-41(57)31-63(58)43(27-56)48(69-14)39-19-17-38(18-20-39)40-28-59-62(13)30-40/h17-20,28,30-37,42-50,52,64-65,67-68H,16,21-27,29,57-58H2,1-15H3/b41-31-/t32-,33-,34+,35+,36-,37-,42+,43-,44-,45+,46?,47+,48-,49-,50-,52+,53+,54-,55-/m1/s1. The Morgan fingerprint density at radius 1 is 0.987 bits per heavy atom. The fourth-order valence-electron chi connectivity index (χ4n) is 11.8. The van der Waals surface area contributed by atoms with Crippen LogP contribution in [0.25, 0.3) is 11.1 Å². The van der Waals surface area contributed by atoms with Gasteiger partial charge in [-0.05, 0) is 98.9 Å². The molecule has 1 unspecified atom stereocenters. The van der Waals surface area contributed by atoms with Crippen LogP contribution in [-0.2, 0) is 45.0 Å². The highest BCUT2D eigenvalue weighted by atomic mass is 19.1. The number of methoxy groups -OCH3 is 2. The van der Waals surface area contributed by atoms with E-state index < -0.39 is 115 Å². The molecule has 3 saturated heterocycles. The maximum atomic E-state index is 14.8. The van der Waals surface area contributed by atoms with E-state index in [2.05, 4.69) is 5.10 Å². The van der Waals surface area contributed by atoms with Gasteiger partial charge in [-0.25, -0.2) is 10.2 Å². The second-order valence-electron chi connectivity index (χ2n) is 23.0. The first-order chi connectivity index (χ1) is 35.1. The molecule has 5 rings (SSSR count). The van der Waals surface area contributed by atoms with Crippen molar-refractivity contribution in [1.82, 2.24) is 24.6 Å². The molecule has 3 aliphatic heterocycles. The Morgan fingerprint density at radius 3 is 2.24 bits per heavy atom. The van der Waals surface area contributed by atoms with Gasteiger partial charge in [0.05, 0.1) is 47.7 Å². The number of nitrogens with two attached hydrogens (primary N) is 2. The molecule has 0 spiro atoms. The number of hydrogen-bond acceptors (Lipinski definition) is 18. The average molecular weight is 1060 g/mol. The van der Waals surface area contributed by atoms with Gasteiger partial charge in [-0.2, -0.15) is 5.10 Å². The number of alkyl halides is 1. The van der Waals surface area contributed by atoms with E-state index >= 15 is 0 Å². The Balaban J connectivity index is 1.40. The van der Waals surface area contributed by atoms with Crippen LogP contribution in [0, 0.1) is 17.8 Å². The summed E-state index contributed by atoms with van der Waals surface area (Å²) in [6, 6.07) is 5.65. The summed E-state index contributed by atoms with van der Waals surface area (Å²) in [7, 11) is 8.71. The third kappa shape index (κ3) is 15.5. The molecule has 1 aromatic carbocycles. The van der Waals surface area contributed by atoms with Gasteiger partial charge in [0.25, 0.3) is 0 Å². The van der Waals surface area contributed by atoms with Crippen LogP contribution in [0.2, 0.25) is 0 Å². The first-order valence-electron chi connectivity index (χ1n) is 26.9. The van der Waals surface area contributed by atoms with E-state index in [1.54, 1.807) is 45.7 Å². The molecule has 19 nitrogen and oxygen atoms in total. The van der Waals surface area contributed by atoms with E-state index in [0.29, 0.717) is 44.5 Å². The predicted molar refractivity (Wildman–Crippen MR) is 283 cm³/mol. The van der Waals surface area contributed by atoms with Crippen molar-refractivity contribution >= 4 is 5.97 Å². The maximum absolute atomic E-state index is 14.8. The predicted octanol–water partition coefficient (Wildman–Crippen LogP) is 4.79. The quantitative estimate of drug-likeness (QED) is 0.0709. The fourth-order valence-corrected chi connectivity index (χ4v) is 11.8. The molecular weight excluding hydrogens is 970 g/mol. The number of carbonyl (C=O) groups excluding carboxylic acids is 1. The van der Waals surface area contributed by atoms with E-state index in [1.165, 1.54) is 25.2 Å². The summed E-state index contributed by atoms with van der Waals surface area (Å²) in [5.41, 5.74) is 5.54. The lowest BCUT2D eigenvalue weighted by Gasteiger charge is -2.48. The Labute approximate surface area is 445 Å². The highest BCUT2D eigenvalue weighted by Gasteiger charge is 2.52. The van der Waals surface area contributed by atoms with Gasteiger partial charge >= 0.3 is 5.97 Å². The Hall–Kier alpha value is -3.35. The van der Waals surface area contributed by atoms with E-state index in [4.69, 9.17) is 44.7 Å². The summed E-state index contributed by atoms with van der Waals surface area (Å²) < 4.78 is 61.0.